The molecule has 34 heavy (non-hydrogen) atoms. The van der Waals surface area contributed by atoms with Gasteiger partial charge in [-0.2, -0.15) is 0 Å². The van der Waals surface area contributed by atoms with Crippen molar-refractivity contribution in [3.05, 3.63) is 89.0 Å². The van der Waals surface area contributed by atoms with E-state index in [1.54, 1.807) is 78.6 Å². The fourth-order valence-electron chi connectivity index (χ4n) is 3.88. The van der Waals surface area contributed by atoms with Crippen LogP contribution in [0.4, 0.5) is 0 Å². The van der Waals surface area contributed by atoms with Crippen molar-refractivity contribution in [2.75, 3.05) is 13.1 Å². The van der Waals surface area contributed by atoms with E-state index >= 15 is 0 Å². The van der Waals surface area contributed by atoms with Crippen LogP contribution >= 0.6 is 0 Å². The van der Waals surface area contributed by atoms with Gasteiger partial charge in [-0.15, -0.1) is 0 Å². The van der Waals surface area contributed by atoms with E-state index in [-0.39, 0.29) is 22.3 Å². The molecule has 9 heteroatoms. The van der Waals surface area contributed by atoms with Crippen molar-refractivity contribution >= 4 is 28.1 Å². The minimum Gasteiger partial charge on any atom is -0.370 e. The molecule has 3 aromatic rings. The van der Waals surface area contributed by atoms with Gasteiger partial charge in [-0.25, -0.2) is 13.4 Å². The second-order valence-electron chi connectivity index (χ2n) is 8.13. The summed E-state index contributed by atoms with van der Waals surface area (Å²) in [5, 5.41) is 2.86. The minimum atomic E-state index is -3.65. The second kappa shape index (κ2) is 10.0. The molecule has 0 aliphatic carbocycles. The highest BCUT2D eigenvalue weighted by Gasteiger charge is 2.20. The zero-order valence-electron chi connectivity index (χ0n) is 19.0. The fourth-order valence-corrected chi connectivity index (χ4v) is 5.02. The first-order chi connectivity index (χ1) is 16.4. The number of carbonyl (C=O) groups is 1. The standard InChI is InChI=1S/C25H27N5O3S/c1-19(15-22(17-26-2)29-12-3-4-13-29)34(32,33)23-8-5-20(6-9-23)16-28-25(31)21-7-10-24-27-11-14-30(24)18-21/h5-11,14-15,17-18H,2-4,12-13,16H2,1H3,(H,28,31)/b19-15+,22-17+. The Kier molecular flexibility index (Phi) is 6.93. The van der Waals surface area contributed by atoms with Crippen LogP contribution in [0.1, 0.15) is 35.7 Å². The maximum atomic E-state index is 13.1. The molecule has 0 unspecified atom stereocenters. The third kappa shape index (κ3) is 5.09. The number of imidazole rings is 1. The highest BCUT2D eigenvalue weighted by Crippen LogP contribution is 2.23. The number of carbonyl (C=O) groups excluding carboxylic acids is 1. The summed E-state index contributed by atoms with van der Waals surface area (Å²) in [6.07, 6.45) is 10.6. The number of aliphatic imine (C=N–C) groups is 1. The lowest BCUT2D eigenvalue weighted by molar-refractivity contribution is 0.0950. The Morgan fingerprint density at radius 3 is 2.62 bits per heavy atom. The number of hydrogen-bond donors (Lipinski definition) is 1. The maximum Gasteiger partial charge on any atom is 0.253 e. The summed E-state index contributed by atoms with van der Waals surface area (Å²) >= 11 is 0. The topological polar surface area (TPSA) is 96.1 Å². The van der Waals surface area contributed by atoms with Gasteiger partial charge in [0, 0.05) is 49.3 Å². The second-order valence-corrected chi connectivity index (χ2v) is 10.2. The molecule has 0 atom stereocenters. The van der Waals surface area contributed by atoms with Crippen LogP contribution in [0.2, 0.25) is 0 Å². The van der Waals surface area contributed by atoms with Gasteiger partial charge in [-0.3, -0.25) is 9.79 Å². The monoisotopic (exact) mass is 477 g/mol. The highest BCUT2D eigenvalue weighted by atomic mass is 32.2. The Bertz CT molecular complexity index is 1370. The zero-order valence-corrected chi connectivity index (χ0v) is 19.8. The third-order valence-corrected chi connectivity index (χ3v) is 7.67. The maximum absolute atomic E-state index is 13.1. The van der Waals surface area contributed by atoms with Gasteiger partial charge in [0.1, 0.15) is 5.65 Å². The van der Waals surface area contributed by atoms with Crippen molar-refractivity contribution < 1.29 is 13.2 Å². The van der Waals surface area contributed by atoms with Crippen molar-refractivity contribution in [3.8, 4) is 0 Å². The van der Waals surface area contributed by atoms with Crippen LogP contribution in [0, 0.1) is 0 Å². The van der Waals surface area contributed by atoms with E-state index in [0.29, 0.717) is 5.56 Å². The molecule has 1 N–H and O–H groups in total. The molecule has 3 heterocycles. The van der Waals surface area contributed by atoms with Crippen LogP contribution in [0.15, 0.2) is 87.8 Å². The van der Waals surface area contributed by atoms with Crippen molar-refractivity contribution in [3.63, 3.8) is 0 Å². The van der Waals surface area contributed by atoms with Gasteiger partial charge in [0.2, 0.25) is 9.84 Å². The van der Waals surface area contributed by atoms with Crippen LogP contribution in [0.25, 0.3) is 5.65 Å². The van der Waals surface area contributed by atoms with Gasteiger partial charge in [0.25, 0.3) is 5.91 Å². The predicted octanol–water partition coefficient (Wildman–Crippen LogP) is 3.58. The van der Waals surface area contributed by atoms with Gasteiger partial charge in [0.15, 0.2) is 0 Å². The lowest BCUT2D eigenvalue weighted by Crippen LogP contribution is -2.23. The highest BCUT2D eigenvalue weighted by molar-refractivity contribution is 7.95. The summed E-state index contributed by atoms with van der Waals surface area (Å²) in [7, 11) is -3.65. The molecule has 8 nitrogen and oxygen atoms in total. The Labute approximate surface area is 199 Å². The van der Waals surface area contributed by atoms with E-state index < -0.39 is 9.84 Å². The van der Waals surface area contributed by atoms with Gasteiger partial charge in [-0.05, 0) is 62.4 Å². The number of nitrogens with zero attached hydrogens (tertiary/aromatic N) is 4. The fraction of sp³-hybridized carbons (Fsp3) is 0.240. The van der Waals surface area contributed by atoms with Crippen LogP contribution < -0.4 is 5.32 Å². The van der Waals surface area contributed by atoms with Crippen LogP contribution in [0.3, 0.4) is 0 Å². The number of aromatic nitrogens is 2. The molecule has 0 saturated carbocycles. The summed E-state index contributed by atoms with van der Waals surface area (Å²) in [6.45, 7) is 7.13. The van der Waals surface area contributed by atoms with E-state index in [4.69, 9.17) is 0 Å². The Morgan fingerprint density at radius 1 is 1.18 bits per heavy atom. The molecule has 1 saturated heterocycles. The first kappa shape index (κ1) is 23.4. The van der Waals surface area contributed by atoms with Crippen molar-refractivity contribution in [2.45, 2.75) is 31.2 Å². The van der Waals surface area contributed by atoms with E-state index in [2.05, 4.69) is 26.9 Å². The smallest absolute Gasteiger partial charge is 0.253 e. The molecule has 1 fully saturated rings. The molecule has 4 rings (SSSR count). The molecule has 1 amide bonds. The van der Waals surface area contributed by atoms with Crippen LogP contribution in [-0.4, -0.2) is 48.4 Å². The molecule has 1 aliphatic heterocycles. The summed E-state index contributed by atoms with van der Waals surface area (Å²) in [4.78, 5) is 23.1. The van der Waals surface area contributed by atoms with E-state index in [9.17, 15) is 13.2 Å². The number of pyridine rings is 1. The lowest BCUT2D eigenvalue weighted by atomic mass is 10.2. The van der Waals surface area contributed by atoms with E-state index in [1.807, 2.05) is 0 Å². The average Bonchev–Trinajstić information content (AvgIpc) is 3.54. The molecule has 176 valence electrons. The van der Waals surface area contributed by atoms with Crippen LogP contribution in [-0.2, 0) is 16.4 Å². The first-order valence-corrected chi connectivity index (χ1v) is 12.5. The number of likely N-dealkylation sites (tertiary alicyclic amines) is 1. The number of allylic oxidation sites excluding steroid dienone is 2. The molecular weight excluding hydrogens is 450 g/mol. The number of amides is 1. The first-order valence-electron chi connectivity index (χ1n) is 11.0. The Balaban J connectivity index is 1.43. The lowest BCUT2D eigenvalue weighted by Gasteiger charge is -2.19. The van der Waals surface area contributed by atoms with Crippen molar-refractivity contribution in [1.29, 1.82) is 0 Å². The normalized spacial score (nSPS) is 15.0. The number of rotatable bonds is 8. The van der Waals surface area contributed by atoms with Gasteiger partial charge in [0.05, 0.1) is 16.2 Å². The summed E-state index contributed by atoms with van der Waals surface area (Å²) in [6, 6.07) is 10.0. The largest absolute Gasteiger partial charge is 0.370 e. The molecular formula is C25H27N5O3S. The summed E-state index contributed by atoms with van der Waals surface area (Å²) in [5.74, 6) is -0.219. The number of nitrogens with one attached hydrogen (secondary N) is 1. The average molecular weight is 478 g/mol. The van der Waals surface area contributed by atoms with Gasteiger partial charge < -0.3 is 14.6 Å². The van der Waals surface area contributed by atoms with E-state index in [0.717, 1.165) is 42.8 Å². The molecule has 0 spiro atoms. The van der Waals surface area contributed by atoms with Crippen LogP contribution in [0.5, 0.6) is 0 Å². The molecule has 2 aromatic heterocycles. The number of benzene rings is 1. The summed E-state index contributed by atoms with van der Waals surface area (Å²) < 4.78 is 28.0. The van der Waals surface area contributed by atoms with Gasteiger partial charge >= 0.3 is 0 Å². The van der Waals surface area contributed by atoms with Crippen molar-refractivity contribution in [2.24, 2.45) is 4.99 Å². The zero-order chi connectivity index (χ0) is 24.1. The third-order valence-electron chi connectivity index (χ3n) is 5.81. The quantitative estimate of drug-likeness (QED) is 0.395. The van der Waals surface area contributed by atoms with E-state index in [1.165, 1.54) is 0 Å². The predicted molar refractivity (Wildman–Crippen MR) is 132 cm³/mol. The molecule has 0 bridgehead atoms. The molecule has 1 aromatic carbocycles. The number of hydrogen-bond acceptors (Lipinski definition) is 6. The summed E-state index contributed by atoms with van der Waals surface area (Å²) in [5.41, 5.74) is 2.83. The Morgan fingerprint density at radius 2 is 1.91 bits per heavy atom. The molecule has 1 aliphatic rings. The number of fused-ring (bicyclic) bond motifs is 1. The minimum absolute atomic E-state index is 0.203. The molecule has 0 radical (unpaired) electrons. The van der Waals surface area contributed by atoms with Gasteiger partial charge in [-0.1, -0.05) is 12.1 Å². The number of sulfone groups is 1. The van der Waals surface area contributed by atoms with Crippen molar-refractivity contribution in [1.82, 2.24) is 19.6 Å². The SMILES string of the molecule is C=N/C=C(\C=C(/C)S(=O)(=O)c1ccc(CNC(=O)c2ccc3nccn3c2)cc1)N1CCCC1. The Hall–Kier alpha value is -3.72.